The largest absolute Gasteiger partial charge is 0.366 e. The summed E-state index contributed by atoms with van der Waals surface area (Å²) in [5.41, 5.74) is -0.0453. The van der Waals surface area contributed by atoms with Crippen molar-refractivity contribution in [3.05, 3.63) is 11.8 Å². The fraction of sp³-hybridized carbons (Fsp3) is 0.545. The van der Waals surface area contributed by atoms with Gasteiger partial charge in [-0.2, -0.15) is 10.4 Å². The minimum Gasteiger partial charge on any atom is -0.366 e. The number of nitriles is 1. The first-order chi connectivity index (χ1) is 7.81. The quantitative estimate of drug-likeness (QED) is 0.850. The Balaban J connectivity index is 2.60. The summed E-state index contributed by atoms with van der Waals surface area (Å²) in [5, 5.41) is 15.3. The van der Waals surface area contributed by atoms with E-state index in [1.807, 2.05) is 26.8 Å². The van der Waals surface area contributed by atoms with Crippen molar-refractivity contribution < 1.29 is 9.53 Å². The second-order valence-electron chi connectivity index (χ2n) is 4.63. The van der Waals surface area contributed by atoms with Gasteiger partial charge in [-0.05, 0) is 20.8 Å². The van der Waals surface area contributed by atoms with Crippen LogP contribution in [0.5, 0.6) is 0 Å². The van der Waals surface area contributed by atoms with Gasteiger partial charge < -0.3 is 10.1 Å². The van der Waals surface area contributed by atoms with Gasteiger partial charge >= 0.3 is 0 Å². The predicted molar refractivity (Wildman–Crippen MR) is 62.3 cm³/mol. The van der Waals surface area contributed by atoms with Gasteiger partial charge in [0.25, 0.3) is 5.91 Å². The summed E-state index contributed by atoms with van der Waals surface area (Å²) in [6.45, 7) is 5.52. The number of anilines is 1. The highest BCUT2D eigenvalue weighted by Crippen LogP contribution is 2.11. The summed E-state index contributed by atoms with van der Waals surface area (Å²) >= 11 is 0. The normalized spacial score (nSPS) is 11.0. The van der Waals surface area contributed by atoms with Crippen LogP contribution < -0.4 is 5.32 Å². The van der Waals surface area contributed by atoms with Crippen molar-refractivity contribution in [2.75, 3.05) is 11.9 Å². The van der Waals surface area contributed by atoms with Crippen LogP contribution in [0.15, 0.2) is 6.20 Å². The monoisotopic (exact) mass is 236 g/mol. The maximum absolute atomic E-state index is 11.5. The third-order valence-corrected chi connectivity index (χ3v) is 1.84. The van der Waals surface area contributed by atoms with Crippen LogP contribution >= 0.6 is 0 Å². The Morgan fingerprint density at radius 3 is 2.82 bits per heavy atom. The molecule has 0 radical (unpaired) electrons. The Labute approximate surface area is 100 Å². The number of aromatic nitrogens is 2. The molecule has 0 unspecified atom stereocenters. The van der Waals surface area contributed by atoms with E-state index in [0.29, 0.717) is 5.56 Å². The Bertz CT molecular complexity index is 451. The zero-order chi connectivity index (χ0) is 13.1. The Kier molecular flexibility index (Phi) is 3.86. The second-order valence-corrected chi connectivity index (χ2v) is 4.63. The van der Waals surface area contributed by atoms with E-state index in [9.17, 15) is 4.79 Å². The number of aryl methyl sites for hydroxylation is 1. The van der Waals surface area contributed by atoms with Crippen molar-refractivity contribution in [3.8, 4) is 6.07 Å². The molecule has 1 N–H and O–H groups in total. The smallest absolute Gasteiger partial charge is 0.251 e. The number of carbonyl (C=O) groups is 1. The second kappa shape index (κ2) is 4.97. The number of carbonyl (C=O) groups excluding carboxylic acids is 1. The number of nitrogens with one attached hydrogen (secondary N) is 1. The molecule has 0 aliphatic rings. The molecule has 0 spiro atoms. The van der Waals surface area contributed by atoms with E-state index in [4.69, 9.17) is 10.00 Å². The van der Waals surface area contributed by atoms with E-state index in [1.165, 1.54) is 4.68 Å². The first kappa shape index (κ1) is 13.2. The van der Waals surface area contributed by atoms with Gasteiger partial charge in [-0.15, -0.1) is 0 Å². The highest BCUT2D eigenvalue weighted by Gasteiger charge is 2.15. The number of nitrogens with zero attached hydrogens (tertiary/aromatic N) is 3. The lowest BCUT2D eigenvalue weighted by atomic mass is 10.2. The van der Waals surface area contributed by atoms with Gasteiger partial charge in [-0.1, -0.05) is 0 Å². The van der Waals surface area contributed by atoms with E-state index < -0.39 is 0 Å². The van der Waals surface area contributed by atoms with Crippen molar-refractivity contribution in [1.82, 2.24) is 9.78 Å². The minimum absolute atomic E-state index is 0.0645. The number of hydrogen-bond donors (Lipinski definition) is 1. The highest BCUT2D eigenvalue weighted by molar-refractivity contribution is 5.91. The predicted octanol–water partition coefficient (Wildman–Crippen LogP) is 1.05. The van der Waals surface area contributed by atoms with Gasteiger partial charge in [-0.25, -0.2) is 0 Å². The zero-order valence-corrected chi connectivity index (χ0v) is 10.4. The molecule has 0 saturated carbocycles. The molecule has 92 valence electrons. The third-order valence-electron chi connectivity index (χ3n) is 1.84. The average Bonchev–Trinajstić information content (AvgIpc) is 2.55. The Hall–Kier alpha value is -1.87. The van der Waals surface area contributed by atoms with E-state index in [-0.39, 0.29) is 23.9 Å². The lowest BCUT2D eigenvalue weighted by molar-refractivity contribution is -0.125. The highest BCUT2D eigenvalue weighted by atomic mass is 16.5. The molecule has 1 amide bonds. The van der Waals surface area contributed by atoms with Crippen molar-refractivity contribution in [2.24, 2.45) is 7.05 Å². The zero-order valence-electron chi connectivity index (χ0n) is 10.4. The van der Waals surface area contributed by atoms with Crippen LogP contribution in [0.4, 0.5) is 5.82 Å². The molecule has 6 nitrogen and oxygen atoms in total. The van der Waals surface area contributed by atoms with E-state index in [0.717, 1.165) is 0 Å². The van der Waals surface area contributed by atoms with Crippen LogP contribution in [-0.4, -0.2) is 27.9 Å². The third kappa shape index (κ3) is 4.25. The maximum atomic E-state index is 11.5. The molecule has 1 rings (SSSR count). The molecular formula is C11H16N4O2. The molecule has 0 bridgehead atoms. The molecule has 0 aromatic carbocycles. The molecule has 6 heteroatoms. The maximum Gasteiger partial charge on any atom is 0.251 e. The van der Waals surface area contributed by atoms with Crippen LogP contribution in [0.1, 0.15) is 26.3 Å². The Morgan fingerprint density at radius 1 is 1.65 bits per heavy atom. The molecule has 0 atom stereocenters. The Morgan fingerprint density at radius 2 is 2.29 bits per heavy atom. The number of rotatable bonds is 3. The summed E-state index contributed by atoms with van der Waals surface area (Å²) < 4.78 is 6.79. The summed E-state index contributed by atoms with van der Waals surface area (Å²) in [7, 11) is 1.68. The molecule has 1 aromatic rings. The average molecular weight is 236 g/mol. The fourth-order valence-corrected chi connectivity index (χ4v) is 1.11. The van der Waals surface area contributed by atoms with Gasteiger partial charge in [0.1, 0.15) is 18.2 Å². The SMILES string of the molecule is Cn1cc(C#N)c(NC(=O)COC(C)(C)C)n1. The molecular weight excluding hydrogens is 220 g/mol. The fourth-order valence-electron chi connectivity index (χ4n) is 1.11. The molecule has 1 heterocycles. The van der Waals surface area contributed by atoms with Crippen molar-refractivity contribution >= 4 is 11.7 Å². The first-order valence-electron chi connectivity index (χ1n) is 5.19. The molecule has 0 saturated heterocycles. The molecule has 17 heavy (non-hydrogen) atoms. The molecule has 0 fully saturated rings. The van der Waals surface area contributed by atoms with Crippen molar-refractivity contribution in [1.29, 1.82) is 5.26 Å². The lowest BCUT2D eigenvalue weighted by Gasteiger charge is -2.18. The van der Waals surface area contributed by atoms with Crippen molar-refractivity contribution in [2.45, 2.75) is 26.4 Å². The van der Waals surface area contributed by atoms with Crippen LogP contribution in [-0.2, 0) is 16.6 Å². The van der Waals surface area contributed by atoms with E-state index >= 15 is 0 Å². The van der Waals surface area contributed by atoms with Gasteiger partial charge in [0.2, 0.25) is 0 Å². The molecule has 1 aromatic heterocycles. The summed E-state index contributed by atoms with van der Waals surface area (Å²) in [5.74, 6) is -0.0624. The van der Waals surface area contributed by atoms with Crippen LogP contribution in [0, 0.1) is 11.3 Å². The van der Waals surface area contributed by atoms with Crippen LogP contribution in [0.25, 0.3) is 0 Å². The summed E-state index contributed by atoms with van der Waals surface area (Å²) in [6, 6.07) is 1.96. The van der Waals surface area contributed by atoms with Gasteiger partial charge in [0, 0.05) is 13.2 Å². The van der Waals surface area contributed by atoms with Crippen LogP contribution in [0.3, 0.4) is 0 Å². The number of amides is 1. The summed E-state index contributed by atoms with van der Waals surface area (Å²) in [4.78, 5) is 11.5. The van der Waals surface area contributed by atoms with Gasteiger partial charge in [0.15, 0.2) is 5.82 Å². The number of ether oxygens (including phenoxy) is 1. The summed E-state index contributed by atoms with van der Waals surface area (Å²) in [6.07, 6.45) is 1.54. The topological polar surface area (TPSA) is 79.9 Å². The number of hydrogen-bond acceptors (Lipinski definition) is 4. The van der Waals surface area contributed by atoms with E-state index in [2.05, 4.69) is 10.4 Å². The van der Waals surface area contributed by atoms with Crippen molar-refractivity contribution in [3.63, 3.8) is 0 Å². The molecule has 0 aliphatic carbocycles. The first-order valence-corrected chi connectivity index (χ1v) is 5.19. The van der Waals surface area contributed by atoms with Gasteiger partial charge in [0.05, 0.1) is 5.60 Å². The van der Waals surface area contributed by atoms with Gasteiger partial charge in [-0.3, -0.25) is 9.48 Å². The van der Waals surface area contributed by atoms with Crippen LogP contribution in [0.2, 0.25) is 0 Å². The minimum atomic E-state index is -0.375. The lowest BCUT2D eigenvalue weighted by Crippen LogP contribution is -2.27. The van der Waals surface area contributed by atoms with E-state index in [1.54, 1.807) is 13.2 Å². The molecule has 0 aliphatic heterocycles. The standard InChI is InChI=1S/C11H16N4O2/c1-11(2,3)17-7-9(16)13-10-8(5-12)6-15(4)14-10/h6H,7H2,1-4H3,(H,13,14,16).